The first kappa shape index (κ1) is 14.8. The lowest BCUT2D eigenvalue weighted by Gasteiger charge is -2.37. The SMILES string of the molecule is COc1ccc(C2Nc3ccccc3C3C=CCC32)cc1[N+](=O)[O-]. The molecule has 1 aliphatic heterocycles. The molecular formula is C19H18N2O3. The van der Waals surface area contributed by atoms with Gasteiger partial charge in [0.1, 0.15) is 0 Å². The number of rotatable bonds is 3. The lowest BCUT2D eigenvalue weighted by molar-refractivity contribution is -0.385. The number of nitro groups is 1. The molecule has 0 spiro atoms. The Morgan fingerprint density at radius 1 is 1.25 bits per heavy atom. The van der Waals surface area contributed by atoms with Crippen LogP contribution in [0, 0.1) is 16.0 Å². The minimum Gasteiger partial charge on any atom is -0.490 e. The summed E-state index contributed by atoms with van der Waals surface area (Å²) >= 11 is 0. The van der Waals surface area contributed by atoms with Crippen LogP contribution in [0.15, 0.2) is 54.6 Å². The van der Waals surface area contributed by atoms with Crippen LogP contribution in [-0.4, -0.2) is 12.0 Å². The van der Waals surface area contributed by atoms with Crippen LogP contribution in [0.3, 0.4) is 0 Å². The van der Waals surface area contributed by atoms with E-state index in [4.69, 9.17) is 4.74 Å². The van der Waals surface area contributed by atoms with E-state index in [1.54, 1.807) is 12.1 Å². The van der Waals surface area contributed by atoms with Gasteiger partial charge in [-0.05, 0) is 35.6 Å². The monoisotopic (exact) mass is 322 g/mol. The summed E-state index contributed by atoms with van der Waals surface area (Å²) in [6, 6.07) is 13.6. The zero-order valence-electron chi connectivity index (χ0n) is 13.3. The molecule has 4 rings (SSSR count). The topological polar surface area (TPSA) is 64.4 Å². The van der Waals surface area contributed by atoms with Gasteiger partial charge in [-0.2, -0.15) is 0 Å². The molecule has 3 unspecified atom stereocenters. The minimum absolute atomic E-state index is 0.0122. The molecule has 0 fully saturated rings. The van der Waals surface area contributed by atoms with Crippen molar-refractivity contribution in [2.24, 2.45) is 5.92 Å². The third-order valence-corrected chi connectivity index (χ3v) is 5.03. The molecule has 5 heteroatoms. The van der Waals surface area contributed by atoms with Gasteiger partial charge in [0.25, 0.3) is 0 Å². The standard InChI is InChI=1S/C19H18N2O3/c1-24-18-10-9-12(11-17(18)21(22)23)19-15-7-4-6-13(15)14-5-2-3-8-16(14)20-19/h2-6,8-11,13,15,19-20H,7H2,1H3. The summed E-state index contributed by atoms with van der Waals surface area (Å²) in [7, 11) is 1.45. The molecular weight excluding hydrogens is 304 g/mol. The number of hydrogen-bond acceptors (Lipinski definition) is 4. The molecule has 0 saturated carbocycles. The first-order chi connectivity index (χ1) is 11.7. The van der Waals surface area contributed by atoms with Crippen LogP contribution >= 0.6 is 0 Å². The Morgan fingerprint density at radius 3 is 2.88 bits per heavy atom. The van der Waals surface area contributed by atoms with Crippen molar-refractivity contribution in [2.75, 3.05) is 12.4 Å². The van der Waals surface area contributed by atoms with E-state index >= 15 is 0 Å². The van der Waals surface area contributed by atoms with Crippen LogP contribution in [-0.2, 0) is 0 Å². The minimum atomic E-state index is -0.385. The van der Waals surface area contributed by atoms with Crippen LogP contribution in [0.2, 0.25) is 0 Å². The average molecular weight is 322 g/mol. The fourth-order valence-electron chi connectivity index (χ4n) is 3.92. The maximum absolute atomic E-state index is 11.3. The molecule has 2 aromatic rings. The average Bonchev–Trinajstić information content (AvgIpc) is 3.10. The van der Waals surface area contributed by atoms with Crippen LogP contribution in [0.4, 0.5) is 11.4 Å². The molecule has 2 aromatic carbocycles. The van der Waals surface area contributed by atoms with Gasteiger partial charge in [-0.1, -0.05) is 36.4 Å². The van der Waals surface area contributed by atoms with Crippen molar-refractivity contribution >= 4 is 11.4 Å². The van der Waals surface area contributed by atoms with Gasteiger partial charge < -0.3 is 10.1 Å². The van der Waals surface area contributed by atoms with Crippen molar-refractivity contribution in [1.82, 2.24) is 0 Å². The summed E-state index contributed by atoms with van der Waals surface area (Å²) < 4.78 is 5.12. The number of benzene rings is 2. The summed E-state index contributed by atoms with van der Waals surface area (Å²) in [6.45, 7) is 0. The highest BCUT2D eigenvalue weighted by Crippen LogP contribution is 2.50. The number of ether oxygens (including phenoxy) is 1. The molecule has 3 atom stereocenters. The second kappa shape index (κ2) is 5.67. The normalized spacial score (nSPS) is 24.0. The molecule has 0 saturated heterocycles. The molecule has 0 bridgehead atoms. The van der Waals surface area contributed by atoms with Crippen molar-refractivity contribution in [3.8, 4) is 5.75 Å². The van der Waals surface area contributed by atoms with E-state index in [0.29, 0.717) is 17.6 Å². The summed E-state index contributed by atoms with van der Waals surface area (Å²) in [5.74, 6) is 1.02. The van der Waals surface area contributed by atoms with Gasteiger partial charge in [-0.15, -0.1) is 0 Å². The first-order valence-corrected chi connectivity index (χ1v) is 8.03. The van der Waals surface area contributed by atoms with Crippen molar-refractivity contribution < 1.29 is 9.66 Å². The van der Waals surface area contributed by atoms with E-state index in [9.17, 15) is 10.1 Å². The Bertz CT molecular complexity index is 831. The number of nitro benzene ring substituents is 1. The highest BCUT2D eigenvalue weighted by Gasteiger charge is 2.38. The van der Waals surface area contributed by atoms with E-state index in [0.717, 1.165) is 17.7 Å². The molecule has 24 heavy (non-hydrogen) atoms. The van der Waals surface area contributed by atoms with Gasteiger partial charge in [-0.3, -0.25) is 10.1 Å². The second-order valence-electron chi connectivity index (χ2n) is 6.25. The fourth-order valence-corrected chi connectivity index (χ4v) is 3.92. The van der Waals surface area contributed by atoms with Crippen LogP contribution in [0.25, 0.3) is 0 Å². The largest absolute Gasteiger partial charge is 0.490 e. The summed E-state index contributed by atoms with van der Waals surface area (Å²) in [6.07, 6.45) is 5.44. The Hall–Kier alpha value is -2.82. The van der Waals surface area contributed by atoms with Crippen LogP contribution < -0.4 is 10.1 Å². The molecule has 0 aromatic heterocycles. The Labute approximate surface area is 140 Å². The number of hydrogen-bond donors (Lipinski definition) is 1. The third-order valence-electron chi connectivity index (χ3n) is 5.03. The van der Waals surface area contributed by atoms with Gasteiger partial charge in [-0.25, -0.2) is 0 Å². The fraction of sp³-hybridized carbons (Fsp3) is 0.263. The van der Waals surface area contributed by atoms with E-state index in [2.05, 4.69) is 35.7 Å². The highest BCUT2D eigenvalue weighted by atomic mass is 16.6. The number of fused-ring (bicyclic) bond motifs is 3. The smallest absolute Gasteiger partial charge is 0.311 e. The molecule has 2 aliphatic rings. The molecule has 1 aliphatic carbocycles. The predicted molar refractivity (Wildman–Crippen MR) is 92.4 cm³/mol. The number of anilines is 1. The van der Waals surface area contributed by atoms with Crippen molar-refractivity contribution in [3.63, 3.8) is 0 Å². The predicted octanol–water partition coefficient (Wildman–Crippen LogP) is 4.43. The van der Waals surface area contributed by atoms with Gasteiger partial charge >= 0.3 is 5.69 Å². The molecule has 0 amide bonds. The number of nitrogens with zero attached hydrogens (tertiary/aromatic N) is 1. The lowest BCUT2D eigenvalue weighted by atomic mass is 9.77. The quantitative estimate of drug-likeness (QED) is 0.516. The van der Waals surface area contributed by atoms with Crippen molar-refractivity contribution in [2.45, 2.75) is 18.4 Å². The van der Waals surface area contributed by atoms with E-state index in [1.165, 1.54) is 12.7 Å². The van der Waals surface area contributed by atoms with E-state index in [1.807, 2.05) is 12.1 Å². The highest BCUT2D eigenvalue weighted by molar-refractivity contribution is 5.60. The van der Waals surface area contributed by atoms with Gasteiger partial charge in [0.15, 0.2) is 5.75 Å². The number of methoxy groups -OCH3 is 1. The van der Waals surface area contributed by atoms with Gasteiger partial charge in [0.05, 0.1) is 18.1 Å². The van der Waals surface area contributed by atoms with Crippen molar-refractivity contribution in [1.29, 1.82) is 0 Å². The van der Waals surface area contributed by atoms with E-state index in [-0.39, 0.29) is 16.7 Å². The maximum atomic E-state index is 11.3. The summed E-state index contributed by atoms with van der Waals surface area (Å²) in [4.78, 5) is 10.9. The Kier molecular flexibility index (Phi) is 3.49. The Balaban J connectivity index is 1.78. The number of para-hydroxylation sites is 1. The first-order valence-electron chi connectivity index (χ1n) is 8.03. The zero-order chi connectivity index (χ0) is 16.7. The number of allylic oxidation sites excluding steroid dienone is 2. The van der Waals surface area contributed by atoms with Gasteiger partial charge in [0, 0.05) is 17.7 Å². The zero-order valence-corrected chi connectivity index (χ0v) is 13.3. The Morgan fingerprint density at radius 2 is 2.08 bits per heavy atom. The van der Waals surface area contributed by atoms with Crippen LogP contribution in [0.1, 0.15) is 29.5 Å². The molecule has 5 nitrogen and oxygen atoms in total. The number of nitrogens with one attached hydrogen (secondary N) is 1. The molecule has 0 radical (unpaired) electrons. The van der Waals surface area contributed by atoms with Crippen molar-refractivity contribution in [3.05, 3.63) is 75.9 Å². The molecule has 1 N–H and O–H groups in total. The third kappa shape index (κ3) is 2.24. The summed E-state index contributed by atoms with van der Waals surface area (Å²) in [5, 5.41) is 14.9. The maximum Gasteiger partial charge on any atom is 0.311 e. The summed E-state index contributed by atoms with van der Waals surface area (Å²) in [5.41, 5.74) is 3.35. The van der Waals surface area contributed by atoms with Gasteiger partial charge in [0.2, 0.25) is 0 Å². The molecule has 122 valence electrons. The van der Waals surface area contributed by atoms with E-state index < -0.39 is 0 Å². The lowest BCUT2D eigenvalue weighted by Crippen LogP contribution is -2.29. The van der Waals surface area contributed by atoms with Crippen LogP contribution in [0.5, 0.6) is 5.75 Å². The molecule has 1 heterocycles. The second-order valence-corrected chi connectivity index (χ2v) is 6.25.